The maximum absolute atomic E-state index is 9.89. The van der Waals surface area contributed by atoms with Gasteiger partial charge in [0, 0.05) is 0 Å². The zero-order valence-corrected chi connectivity index (χ0v) is 8.42. The van der Waals surface area contributed by atoms with Gasteiger partial charge in [0.05, 0.1) is 6.10 Å². The first-order valence-electron chi connectivity index (χ1n) is 5.67. The normalized spacial score (nSPS) is 24.5. The molecule has 0 radical (unpaired) electrons. The summed E-state index contributed by atoms with van der Waals surface area (Å²) < 4.78 is 0. The predicted octanol–water partition coefficient (Wildman–Crippen LogP) is 2.55. The molecule has 1 aromatic carbocycles. The van der Waals surface area contributed by atoms with E-state index in [0.29, 0.717) is 0 Å². The van der Waals surface area contributed by atoms with Gasteiger partial charge in [-0.15, -0.1) is 0 Å². The molecule has 0 amide bonds. The summed E-state index contributed by atoms with van der Waals surface area (Å²) in [4.78, 5) is 0. The van der Waals surface area contributed by atoms with Gasteiger partial charge in [-0.3, -0.25) is 0 Å². The second kappa shape index (κ2) is 3.09. The minimum Gasteiger partial charge on any atom is -0.388 e. The summed E-state index contributed by atoms with van der Waals surface area (Å²) in [6.07, 6.45) is 6.84. The summed E-state index contributed by atoms with van der Waals surface area (Å²) in [7, 11) is 0. The zero-order valence-electron chi connectivity index (χ0n) is 8.42. The number of rotatable bonds is 0. The van der Waals surface area contributed by atoms with Crippen LogP contribution in [0.2, 0.25) is 0 Å². The largest absolute Gasteiger partial charge is 0.388 e. The molecule has 0 aromatic heterocycles. The third-order valence-electron chi connectivity index (χ3n) is 3.64. The van der Waals surface area contributed by atoms with E-state index in [-0.39, 0.29) is 6.10 Å². The molecule has 1 N–H and O–H groups in total. The highest BCUT2D eigenvalue weighted by Crippen LogP contribution is 2.34. The number of fused-ring (bicyclic) bond motifs is 2. The van der Waals surface area contributed by atoms with Crippen LogP contribution in [-0.4, -0.2) is 5.11 Å². The molecular formula is C13H16O. The van der Waals surface area contributed by atoms with Crippen molar-refractivity contribution < 1.29 is 5.11 Å². The van der Waals surface area contributed by atoms with Crippen LogP contribution >= 0.6 is 0 Å². The van der Waals surface area contributed by atoms with Crippen molar-refractivity contribution in [1.29, 1.82) is 0 Å². The fraction of sp³-hybridized carbons (Fsp3) is 0.538. The maximum atomic E-state index is 9.89. The summed E-state index contributed by atoms with van der Waals surface area (Å²) in [6, 6.07) is 4.61. The minimum atomic E-state index is -0.190. The summed E-state index contributed by atoms with van der Waals surface area (Å²) >= 11 is 0. The van der Waals surface area contributed by atoms with E-state index in [1.54, 1.807) is 0 Å². The Hall–Kier alpha value is -0.820. The maximum Gasteiger partial charge on any atom is 0.0792 e. The molecule has 1 atom stereocenters. The molecule has 3 rings (SSSR count). The van der Waals surface area contributed by atoms with Crippen LogP contribution in [0, 0.1) is 0 Å². The molecule has 2 aliphatic rings. The highest BCUT2D eigenvalue weighted by atomic mass is 16.3. The fourth-order valence-corrected chi connectivity index (χ4v) is 2.86. The molecule has 0 saturated carbocycles. The second-order valence-corrected chi connectivity index (χ2v) is 4.58. The molecule has 0 aliphatic heterocycles. The number of hydrogen-bond donors (Lipinski definition) is 1. The Morgan fingerprint density at radius 2 is 1.64 bits per heavy atom. The van der Waals surface area contributed by atoms with Crippen LogP contribution in [0.1, 0.15) is 47.6 Å². The average molecular weight is 188 g/mol. The highest BCUT2D eigenvalue weighted by molar-refractivity contribution is 5.42. The molecular weight excluding hydrogens is 172 g/mol. The smallest absolute Gasteiger partial charge is 0.0792 e. The summed E-state index contributed by atoms with van der Waals surface area (Å²) in [6.45, 7) is 0. The van der Waals surface area contributed by atoms with E-state index in [0.717, 1.165) is 12.8 Å². The Labute approximate surface area is 84.8 Å². The topological polar surface area (TPSA) is 20.2 Å². The monoisotopic (exact) mass is 188 g/mol. The lowest BCUT2D eigenvalue weighted by molar-refractivity contribution is 0.156. The Balaban J connectivity index is 2.12. The van der Waals surface area contributed by atoms with E-state index in [1.807, 2.05) is 0 Å². The van der Waals surface area contributed by atoms with E-state index in [2.05, 4.69) is 12.1 Å². The molecule has 0 heterocycles. The molecule has 14 heavy (non-hydrogen) atoms. The van der Waals surface area contributed by atoms with Crippen molar-refractivity contribution >= 4 is 0 Å². The van der Waals surface area contributed by atoms with E-state index >= 15 is 0 Å². The van der Waals surface area contributed by atoms with Crippen LogP contribution in [0.3, 0.4) is 0 Å². The Morgan fingerprint density at radius 3 is 2.50 bits per heavy atom. The van der Waals surface area contributed by atoms with Crippen molar-refractivity contribution in [3.05, 3.63) is 34.4 Å². The molecule has 74 valence electrons. The van der Waals surface area contributed by atoms with Crippen molar-refractivity contribution in [2.24, 2.45) is 0 Å². The molecule has 1 nitrogen and oxygen atoms in total. The fourth-order valence-electron chi connectivity index (χ4n) is 2.86. The third-order valence-corrected chi connectivity index (χ3v) is 3.64. The molecule has 0 saturated heterocycles. The lowest BCUT2D eigenvalue weighted by Gasteiger charge is -2.22. The van der Waals surface area contributed by atoms with Gasteiger partial charge in [0.15, 0.2) is 0 Å². The number of aliphatic hydroxyl groups is 1. The summed E-state index contributed by atoms with van der Waals surface area (Å²) in [5, 5.41) is 9.89. The van der Waals surface area contributed by atoms with E-state index in [1.165, 1.54) is 47.9 Å². The minimum absolute atomic E-state index is 0.190. The van der Waals surface area contributed by atoms with Crippen LogP contribution in [0.5, 0.6) is 0 Å². The van der Waals surface area contributed by atoms with Gasteiger partial charge >= 0.3 is 0 Å². The summed E-state index contributed by atoms with van der Waals surface area (Å²) in [5.41, 5.74) is 5.66. The van der Waals surface area contributed by atoms with Crippen LogP contribution < -0.4 is 0 Å². The van der Waals surface area contributed by atoms with Gasteiger partial charge in [0.1, 0.15) is 0 Å². The Kier molecular flexibility index (Phi) is 1.88. The van der Waals surface area contributed by atoms with E-state index in [4.69, 9.17) is 0 Å². The second-order valence-electron chi connectivity index (χ2n) is 4.58. The van der Waals surface area contributed by atoms with Gasteiger partial charge in [0.25, 0.3) is 0 Å². The molecule has 1 aromatic rings. The number of benzene rings is 1. The molecule has 1 heteroatoms. The first-order valence-corrected chi connectivity index (χ1v) is 5.67. The SMILES string of the molecule is O[C@@H]1CCCc2cc3c(cc21)CCC3. The molecule has 2 aliphatic carbocycles. The first kappa shape index (κ1) is 8.49. The van der Waals surface area contributed by atoms with Gasteiger partial charge in [-0.25, -0.2) is 0 Å². The number of aliphatic hydroxyl groups excluding tert-OH is 1. The Morgan fingerprint density at radius 1 is 0.929 bits per heavy atom. The lowest BCUT2D eigenvalue weighted by atomic mass is 9.87. The van der Waals surface area contributed by atoms with Crippen molar-refractivity contribution in [3.8, 4) is 0 Å². The van der Waals surface area contributed by atoms with Gasteiger partial charge in [-0.05, 0) is 60.8 Å². The zero-order chi connectivity index (χ0) is 9.54. The van der Waals surface area contributed by atoms with Gasteiger partial charge in [-0.2, -0.15) is 0 Å². The number of aryl methyl sites for hydroxylation is 3. The Bertz CT molecular complexity index is 368. The van der Waals surface area contributed by atoms with Crippen LogP contribution in [0.4, 0.5) is 0 Å². The van der Waals surface area contributed by atoms with Crippen molar-refractivity contribution in [3.63, 3.8) is 0 Å². The van der Waals surface area contributed by atoms with Crippen LogP contribution in [-0.2, 0) is 19.3 Å². The van der Waals surface area contributed by atoms with E-state index < -0.39 is 0 Å². The molecule has 0 spiro atoms. The average Bonchev–Trinajstić information content (AvgIpc) is 2.62. The van der Waals surface area contributed by atoms with Crippen molar-refractivity contribution in [2.75, 3.05) is 0 Å². The standard InChI is InChI=1S/C13H16O/c14-13-6-2-5-11-7-9-3-1-4-10(9)8-12(11)13/h7-8,13-14H,1-6H2/t13-/m1/s1. The first-order chi connectivity index (χ1) is 6.84. The summed E-state index contributed by atoms with van der Waals surface area (Å²) in [5.74, 6) is 0. The van der Waals surface area contributed by atoms with Crippen molar-refractivity contribution in [1.82, 2.24) is 0 Å². The highest BCUT2D eigenvalue weighted by Gasteiger charge is 2.21. The quantitative estimate of drug-likeness (QED) is 0.663. The molecule has 0 fully saturated rings. The number of hydrogen-bond acceptors (Lipinski definition) is 1. The van der Waals surface area contributed by atoms with E-state index in [9.17, 15) is 5.11 Å². The molecule has 0 unspecified atom stereocenters. The molecule has 0 bridgehead atoms. The van der Waals surface area contributed by atoms with Crippen molar-refractivity contribution in [2.45, 2.75) is 44.6 Å². The van der Waals surface area contributed by atoms with Gasteiger partial charge in [0.2, 0.25) is 0 Å². The van der Waals surface area contributed by atoms with Crippen LogP contribution in [0.15, 0.2) is 12.1 Å². The van der Waals surface area contributed by atoms with Gasteiger partial charge < -0.3 is 5.11 Å². The van der Waals surface area contributed by atoms with Crippen LogP contribution in [0.25, 0.3) is 0 Å². The predicted molar refractivity (Wildman–Crippen MR) is 56.4 cm³/mol. The van der Waals surface area contributed by atoms with Gasteiger partial charge in [-0.1, -0.05) is 12.1 Å². The lowest BCUT2D eigenvalue weighted by Crippen LogP contribution is -2.10. The third kappa shape index (κ3) is 1.19.